The zero-order valence-electron chi connectivity index (χ0n) is 16.6. The van der Waals surface area contributed by atoms with Gasteiger partial charge in [-0.3, -0.25) is 0 Å². The summed E-state index contributed by atoms with van der Waals surface area (Å²) in [5.41, 5.74) is 1.87. The molecule has 3 aromatic carbocycles. The Balaban J connectivity index is 1.81. The number of fused-ring (bicyclic) bond motifs is 3. The summed E-state index contributed by atoms with van der Waals surface area (Å²) in [5.74, 6) is 0.962. The fourth-order valence-electron chi connectivity index (χ4n) is 3.83. The van der Waals surface area contributed by atoms with Gasteiger partial charge in [0.05, 0.1) is 0 Å². The second-order valence-electron chi connectivity index (χ2n) is 7.30. The number of ether oxygens (including phenoxy) is 1. The summed E-state index contributed by atoms with van der Waals surface area (Å²) in [5, 5.41) is 15.2. The number of carbonyl (C=O) groups excluding carboxylic acids is 1. The Bertz CT molecular complexity index is 1080. The first-order valence-corrected chi connectivity index (χ1v) is 11.4. The Labute approximate surface area is 185 Å². The van der Waals surface area contributed by atoms with Crippen LogP contribution in [-0.4, -0.2) is 27.2 Å². The van der Waals surface area contributed by atoms with E-state index in [0.717, 1.165) is 40.5 Å². The number of unbranched alkanes of at least 4 members (excludes halogenated alkanes) is 1. The largest absolute Gasteiger partial charge is 0.508 e. The van der Waals surface area contributed by atoms with E-state index in [2.05, 4.69) is 12.2 Å². The van der Waals surface area contributed by atoms with E-state index in [-0.39, 0.29) is 17.6 Å². The van der Waals surface area contributed by atoms with Gasteiger partial charge in [0.15, 0.2) is 0 Å². The zero-order chi connectivity index (χ0) is 21.1. The molecule has 30 heavy (non-hydrogen) atoms. The van der Waals surface area contributed by atoms with Crippen molar-refractivity contribution < 1.29 is 14.6 Å². The molecule has 154 valence electrons. The highest BCUT2D eigenvalue weighted by Crippen LogP contribution is 2.44. The van der Waals surface area contributed by atoms with E-state index in [1.54, 1.807) is 23.9 Å². The molecule has 0 saturated carbocycles. The van der Waals surface area contributed by atoms with Crippen molar-refractivity contribution in [1.82, 2.24) is 5.32 Å². The maximum absolute atomic E-state index is 13.0. The van der Waals surface area contributed by atoms with Gasteiger partial charge in [0.2, 0.25) is 0 Å². The number of hydrogen-bond acceptors (Lipinski definition) is 5. The lowest BCUT2D eigenvalue weighted by atomic mass is 9.80. The molecule has 4 nitrogen and oxygen atoms in total. The third-order valence-corrected chi connectivity index (χ3v) is 6.62. The molecule has 0 fully saturated rings. The fourth-order valence-corrected chi connectivity index (χ4v) is 5.04. The molecule has 0 aromatic heterocycles. The number of benzene rings is 3. The van der Waals surface area contributed by atoms with E-state index in [1.165, 1.54) is 0 Å². The van der Waals surface area contributed by atoms with Gasteiger partial charge >= 0.3 is 5.97 Å². The van der Waals surface area contributed by atoms with Crippen molar-refractivity contribution in [2.75, 3.05) is 5.75 Å². The van der Waals surface area contributed by atoms with Crippen LogP contribution in [0.15, 0.2) is 60.7 Å². The lowest BCUT2D eigenvalue weighted by Crippen LogP contribution is -2.48. The highest BCUT2D eigenvalue weighted by Gasteiger charge is 2.40. The van der Waals surface area contributed by atoms with Crippen LogP contribution in [-0.2, 0) is 4.79 Å². The number of thioether (sulfide) groups is 1. The smallest absolute Gasteiger partial charge is 0.334 e. The summed E-state index contributed by atoms with van der Waals surface area (Å²) in [6.45, 7) is 2.14. The maximum Gasteiger partial charge on any atom is 0.334 e. The van der Waals surface area contributed by atoms with Crippen molar-refractivity contribution in [2.45, 2.75) is 31.7 Å². The maximum atomic E-state index is 13.0. The average Bonchev–Trinajstić information content (AvgIpc) is 2.75. The lowest BCUT2D eigenvalue weighted by molar-refractivity contribution is -0.137. The Morgan fingerprint density at radius 1 is 1.17 bits per heavy atom. The summed E-state index contributed by atoms with van der Waals surface area (Å²) in [6, 6.07) is 18.2. The molecule has 2 atom stereocenters. The molecule has 0 spiro atoms. The topological polar surface area (TPSA) is 58.6 Å². The molecule has 1 aliphatic rings. The van der Waals surface area contributed by atoms with E-state index in [4.69, 9.17) is 17.0 Å². The van der Waals surface area contributed by atoms with Gasteiger partial charge in [0.1, 0.15) is 21.9 Å². The van der Waals surface area contributed by atoms with Crippen LogP contribution in [0.25, 0.3) is 10.8 Å². The van der Waals surface area contributed by atoms with Gasteiger partial charge in [-0.05, 0) is 41.0 Å². The van der Waals surface area contributed by atoms with E-state index < -0.39 is 6.04 Å². The van der Waals surface area contributed by atoms with Gasteiger partial charge in [-0.2, -0.15) is 0 Å². The number of hydrogen-bond donors (Lipinski definition) is 2. The lowest BCUT2D eigenvalue weighted by Gasteiger charge is -2.34. The van der Waals surface area contributed by atoms with Crippen molar-refractivity contribution in [3.8, 4) is 11.5 Å². The molecule has 0 radical (unpaired) electrons. The molecule has 1 aliphatic heterocycles. The molecular formula is C24H23NO3S2. The predicted octanol–water partition coefficient (Wildman–Crippen LogP) is 5.37. The number of aromatic hydroxyl groups is 1. The fraction of sp³-hybridized carbons (Fsp3) is 0.250. The van der Waals surface area contributed by atoms with Crippen LogP contribution < -0.4 is 10.1 Å². The number of nitrogens with one attached hydrogen (secondary N) is 1. The monoisotopic (exact) mass is 437 g/mol. The number of carbonyl (C=O) groups is 1. The van der Waals surface area contributed by atoms with Crippen molar-refractivity contribution >= 4 is 45.0 Å². The first-order valence-electron chi connectivity index (χ1n) is 10.0. The van der Waals surface area contributed by atoms with Gasteiger partial charge in [-0.15, -0.1) is 0 Å². The molecular weight excluding hydrogens is 414 g/mol. The number of thiocarbonyl (C=S) groups is 1. The zero-order valence-corrected chi connectivity index (χ0v) is 18.3. The van der Waals surface area contributed by atoms with Crippen molar-refractivity contribution in [2.24, 2.45) is 0 Å². The predicted molar refractivity (Wildman–Crippen MR) is 126 cm³/mol. The molecule has 0 bridgehead atoms. The van der Waals surface area contributed by atoms with Gasteiger partial charge in [-0.1, -0.05) is 79.8 Å². The van der Waals surface area contributed by atoms with Crippen LogP contribution in [0.1, 0.15) is 36.8 Å². The van der Waals surface area contributed by atoms with E-state index in [0.29, 0.717) is 10.1 Å². The molecule has 2 unspecified atom stereocenters. The summed E-state index contributed by atoms with van der Waals surface area (Å²) in [6.07, 6.45) is 2.16. The third kappa shape index (κ3) is 4.16. The summed E-state index contributed by atoms with van der Waals surface area (Å²) in [4.78, 5) is 13.0. The number of phenolic OH excluding ortho intramolecular Hbond substituents is 1. The number of phenols is 1. The Hall–Kier alpha value is -2.57. The van der Waals surface area contributed by atoms with Crippen LogP contribution in [0.3, 0.4) is 0 Å². The van der Waals surface area contributed by atoms with Crippen LogP contribution in [0, 0.1) is 0 Å². The number of esters is 1. The van der Waals surface area contributed by atoms with Crippen LogP contribution in [0.2, 0.25) is 0 Å². The molecule has 0 aliphatic carbocycles. The molecule has 4 rings (SSSR count). The van der Waals surface area contributed by atoms with E-state index in [1.807, 2.05) is 48.5 Å². The second kappa shape index (κ2) is 9.06. The van der Waals surface area contributed by atoms with E-state index >= 15 is 0 Å². The quantitative estimate of drug-likeness (QED) is 0.242. The Kier molecular flexibility index (Phi) is 6.25. The molecule has 1 heterocycles. The molecule has 6 heteroatoms. The van der Waals surface area contributed by atoms with Crippen molar-refractivity contribution in [3.63, 3.8) is 0 Å². The summed E-state index contributed by atoms with van der Waals surface area (Å²) in [7, 11) is 0. The highest BCUT2D eigenvalue weighted by atomic mass is 32.2. The van der Waals surface area contributed by atoms with Gasteiger partial charge < -0.3 is 15.2 Å². The van der Waals surface area contributed by atoms with Crippen LogP contribution in [0.4, 0.5) is 0 Å². The Morgan fingerprint density at radius 2 is 1.93 bits per heavy atom. The SMILES string of the molecule is CCCCSC(=S)NC1C(=O)Oc2ccc3ccc(O)cc3c2C1c1ccccc1. The minimum absolute atomic E-state index is 0.176. The first kappa shape index (κ1) is 20.7. The first-order chi connectivity index (χ1) is 14.6. The molecule has 2 N–H and O–H groups in total. The van der Waals surface area contributed by atoms with Crippen LogP contribution >= 0.6 is 24.0 Å². The van der Waals surface area contributed by atoms with E-state index in [9.17, 15) is 9.90 Å². The van der Waals surface area contributed by atoms with Gasteiger partial charge in [0.25, 0.3) is 0 Å². The average molecular weight is 438 g/mol. The second-order valence-corrected chi connectivity index (χ2v) is 9.08. The minimum Gasteiger partial charge on any atom is -0.508 e. The van der Waals surface area contributed by atoms with Crippen molar-refractivity contribution in [3.05, 3.63) is 71.8 Å². The molecule has 0 saturated heterocycles. The van der Waals surface area contributed by atoms with Gasteiger partial charge in [-0.25, -0.2) is 4.79 Å². The highest BCUT2D eigenvalue weighted by molar-refractivity contribution is 8.22. The molecule has 3 aromatic rings. The third-order valence-electron chi connectivity index (χ3n) is 5.28. The number of rotatable bonds is 5. The Morgan fingerprint density at radius 3 is 2.70 bits per heavy atom. The summed E-state index contributed by atoms with van der Waals surface area (Å²) < 4.78 is 6.31. The van der Waals surface area contributed by atoms with Gasteiger partial charge in [0, 0.05) is 17.2 Å². The van der Waals surface area contributed by atoms with Crippen LogP contribution in [0.5, 0.6) is 11.5 Å². The van der Waals surface area contributed by atoms with Crippen molar-refractivity contribution in [1.29, 1.82) is 0 Å². The normalized spacial score (nSPS) is 18.0. The minimum atomic E-state index is -0.644. The molecule has 0 amide bonds. The summed E-state index contributed by atoms with van der Waals surface area (Å²) >= 11 is 7.08. The standard InChI is InChI=1S/C24H23NO3S2/c1-2-3-13-30-24(29)25-22-20(16-7-5-4-6-8-16)21-18-14-17(26)11-9-15(18)10-12-19(21)28-23(22)27/h4-12,14,20,22,26H,2-3,13H2,1H3,(H,25,29).